The zero-order valence-electron chi connectivity index (χ0n) is 35.6. The second-order valence-electron chi connectivity index (χ2n) is 12.9. The number of likely N-dealkylation sites (N-methyl/N-ethyl adjacent to an activating group) is 2. The van der Waals surface area contributed by atoms with Crippen LogP contribution in [0.2, 0.25) is 0 Å². The maximum absolute atomic E-state index is 13.7. The second-order valence-corrected chi connectivity index (χ2v) is 14.4. The quantitative estimate of drug-likeness (QED) is 0.0976. The molecule has 330 valence electrons. The summed E-state index contributed by atoms with van der Waals surface area (Å²) in [6, 6.07) is -2.10. The topological polar surface area (TPSA) is 198 Å². The molecule has 5 atom stereocenters. The van der Waals surface area contributed by atoms with Gasteiger partial charge in [0.25, 0.3) is 5.70 Å². The van der Waals surface area contributed by atoms with Gasteiger partial charge in [-0.3, -0.25) is 28.9 Å². The lowest BCUT2D eigenvalue weighted by Crippen LogP contribution is -2.59. The Morgan fingerprint density at radius 2 is 1.60 bits per heavy atom. The van der Waals surface area contributed by atoms with Gasteiger partial charge in [-0.25, -0.2) is 14.6 Å². The number of thiol groups is 1. The molecule has 2 heterocycles. The molecule has 0 spiro atoms. The number of methoxy groups -OCH3 is 2. The average molecular weight is 901 g/mol. The summed E-state index contributed by atoms with van der Waals surface area (Å²) in [5, 5.41) is 8.12. The Morgan fingerprint density at radius 1 is 1.05 bits per heavy atom. The number of hydrogen-bond acceptors (Lipinski definition) is 13. The van der Waals surface area contributed by atoms with Gasteiger partial charge in [-0.1, -0.05) is 40.5 Å². The number of esters is 2. The van der Waals surface area contributed by atoms with Gasteiger partial charge in [-0.15, -0.1) is 24.0 Å². The monoisotopic (exact) mass is 900 g/mol. The van der Waals surface area contributed by atoms with Crippen LogP contribution in [0, 0.1) is 18.4 Å². The third-order valence-corrected chi connectivity index (χ3v) is 9.13. The van der Waals surface area contributed by atoms with Gasteiger partial charge >= 0.3 is 11.9 Å². The van der Waals surface area contributed by atoms with Gasteiger partial charge in [0, 0.05) is 46.6 Å². The molecule has 0 saturated carbocycles. The molecule has 21 heteroatoms. The molecule has 57 heavy (non-hydrogen) atoms. The third kappa shape index (κ3) is 23.3. The van der Waals surface area contributed by atoms with Gasteiger partial charge in [0.1, 0.15) is 17.1 Å². The van der Waals surface area contributed by atoms with E-state index in [1.165, 1.54) is 57.6 Å². The number of amides is 3. The highest BCUT2D eigenvalue weighted by Gasteiger charge is 2.38. The highest BCUT2D eigenvalue weighted by molar-refractivity contribution is 7.96. The van der Waals surface area contributed by atoms with Crippen molar-refractivity contribution in [1.29, 1.82) is 0 Å². The zero-order chi connectivity index (χ0) is 42.3. The SMILES string of the molecule is CC(=O)S.CCC(C)C(NC(=O)C1CCCCN1C)C(=O)NC(C(C)C)C(c1nc(C(=O)OC)cs1)N(C)C(C)=O.CN.S.S.S.[C-]#[N+]/C(=C/N(C)C)C(=O)OC. The smallest absolute Gasteiger partial charge is 0.357 e. The fourth-order valence-electron chi connectivity index (χ4n) is 5.08. The number of ether oxygens (including phenoxy) is 2. The van der Waals surface area contributed by atoms with Crippen LogP contribution in [0.3, 0.4) is 0 Å². The molecule has 0 aliphatic carbocycles. The van der Waals surface area contributed by atoms with Crippen molar-refractivity contribution in [2.24, 2.45) is 17.6 Å². The fourth-order valence-corrected chi connectivity index (χ4v) is 6.05. The van der Waals surface area contributed by atoms with Crippen molar-refractivity contribution in [3.63, 3.8) is 0 Å². The first-order chi connectivity index (χ1) is 25.3. The number of hydrogen-bond donors (Lipinski definition) is 4. The van der Waals surface area contributed by atoms with Gasteiger partial charge in [0.15, 0.2) is 10.8 Å². The molecule has 1 aliphatic rings. The van der Waals surface area contributed by atoms with E-state index in [2.05, 4.69) is 43.6 Å². The van der Waals surface area contributed by atoms with Crippen molar-refractivity contribution >= 4 is 99.2 Å². The van der Waals surface area contributed by atoms with Crippen LogP contribution in [0.1, 0.15) is 88.8 Å². The predicted molar refractivity (Wildman–Crippen MR) is 244 cm³/mol. The van der Waals surface area contributed by atoms with E-state index in [-0.39, 0.29) is 92.6 Å². The Labute approximate surface area is 370 Å². The normalized spacial score (nSPS) is 15.1. The van der Waals surface area contributed by atoms with E-state index in [1.807, 2.05) is 39.6 Å². The number of nitrogens with two attached hydrogens (primary N) is 1. The predicted octanol–water partition coefficient (Wildman–Crippen LogP) is 3.46. The van der Waals surface area contributed by atoms with Crippen LogP contribution in [0.25, 0.3) is 4.85 Å². The van der Waals surface area contributed by atoms with E-state index in [0.29, 0.717) is 11.4 Å². The molecule has 1 aromatic rings. The molecule has 0 aromatic carbocycles. The maximum atomic E-state index is 13.7. The minimum absolute atomic E-state index is 0. The molecular weight excluding hydrogens is 833 g/mol. The van der Waals surface area contributed by atoms with E-state index in [1.54, 1.807) is 31.4 Å². The fraction of sp³-hybridized carbons (Fsp3) is 0.667. The molecule has 1 fully saturated rings. The van der Waals surface area contributed by atoms with Gasteiger partial charge in [0.05, 0.1) is 32.9 Å². The van der Waals surface area contributed by atoms with E-state index >= 15 is 0 Å². The number of carbonyl (C=O) groups excluding carboxylic acids is 6. The van der Waals surface area contributed by atoms with Crippen molar-refractivity contribution in [2.75, 3.05) is 56.0 Å². The standard InChI is InChI=1S/C26H43N5O5S.C7H10N2O2.C2H4OS.CH5N.3H2S/c1-9-16(4)21(29-23(33)19-12-10-11-13-30(19)6)24(34)28-20(15(2)3)22(31(7)17(5)32)25-27-18(14-37-25)26(35)36-8;1-8-6(5-9(2)3)7(10)11-4;1-2(3)4;1-2;;;/h14-16,19-22H,9-13H2,1-8H3,(H,28,34)(H,29,33);5H,2-4H3;1H3,(H,3,4);2H2,1H3;3*1H2/b;6-5+;;;;;. The summed E-state index contributed by atoms with van der Waals surface area (Å²) in [4.78, 5) is 84.0. The number of nitrogens with zero attached hydrogens (tertiary/aromatic N) is 5. The number of aromatic nitrogens is 1. The number of carbonyl (C=O) groups is 6. The van der Waals surface area contributed by atoms with Crippen molar-refractivity contribution in [1.82, 2.24) is 30.3 Å². The molecule has 1 aliphatic heterocycles. The molecule has 3 amide bonds. The molecule has 5 unspecified atom stereocenters. The lowest BCUT2D eigenvalue weighted by atomic mass is 9.92. The van der Waals surface area contributed by atoms with Crippen molar-refractivity contribution < 1.29 is 38.2 Å². The molecule has 1 saturated heterocycles. The largest absolute Gasteiger partial charge is 0.474 e. The van der Waals surface area contributed by atoms with Crippen LogP contribution in [-0.2, 0) is 33.4 Å². The highest BCUT2D eigenvalue weighted by atomic mass is 32.1. The summed E-state index contributed by atoms with van der Waals surface area (Å²) >= 11 is 4.56. The van der Waals surface area contributed by atoms with E-state index in [0.717, 1.165) is 25.8 Å². The number of thiazole rings is 1. The van der Waals surface area contributed by atoms with Crippen LogP contribution in [-0.4, -0.2) is 129 Å². The first-order valence-electron chi connectivity index (χ1n) is 17.5. The summed E-state index contributed by atoms with van der Waals surface area (Å²) in [5.74, 6) is -1.99. The van der Waals surface area contributed by atoms with Gasteiger partial charge in [-0.2, -0.15) is 40.5 Å². The van der Waals surface area contributed by atoms with E-state index in [9.17, 15) is 28.8 Å². The lowest BCUT2D eigenvalue weighted by molar-refractivity contribution is -0.136. The summed E-state index contributed by atoms with van der Waals surface area (Å²) in [6.45, 7) is 18.2. The van der Waals surface area contributed by atoms with Gasteiger partial charge < -0.3 is 35.6 Å². The summed E-state index contributed by atoms with van der Waals surface area (Å²) in [5.41, 5.74) is 4.64. The van der Waals surface area contributed by atoms with Gasteiger partial charge in [0.2, 0.25) is 17.7 Å². The third-order valence-electron chi connectivity index (χ3n) is 8.21. The zero-order valence-corrected chi connectivity index (χ0v) is 40.3. The van der Waals surface area contributed by atoms with Crippen molar-refractivity contribution in [3.05, 3.63) is 39.4 Å². The summed E-state index contributed by atoms with van der Waals surface area (Å²) in [6.07, 6.45) is 4.93. The molecule has 0 bridgehead atoms. The van der Waals surface area contributed by atoms with Crippen LogP contribution >= 0.6 is 64.5 Å². The first-order valence-corrected chi connectivity index (χ1v) is 18.8. The van der Waals surface area contributed by atoms with Crippen LogP contribution < -0.4 is 16.4 Å². The first kappa shape index (κ1) is 63.2. The van der Waals surface area contributed by atoms with Crippen molar-refractivity contribution in [2.45, 2.75) is 91.4 Å². The van der Waals surface area contributed by atoms with Crippen LogP contribution in [0.15, 0.2) is 17.3 Å². The molecule has 1 aromatic heterocycles. The molecule has 2 rings (SSSR count). The Kier molecular flexibility index (Phi) is 37.6. The van der Waals surface area contributed by atoms with E-state index in [4.69, 9.17) is 11.3 Å². The number of piperidine rings is 1. The highest BCUT2D eigenvalue weighted by Crippen LogP contribution is 2.31. The minimum atomic E-state index is -0.723. The number of likely N-dealkylation sites (tertiary alicyclic amines) is 1. The molecule has 0 radical (unpaired) electrons. The Bertz CT molecular complexity index is 1440. The molecular formula is C36H68N8O8S5. The average Bonchev–Trinajstić information content (AvgIpc) is 3.62. The number of rotatable bonds is 13. The maximum Gasteiger partial charge on any atom is 0.357 e. The summed E-state index contributed by atoms with van der Waals surface area (Å²) in [7, 11) is 11.1. The van der Waals surface area contributed by atoms with Gasteiger partial charge in [-0.05, 0) is 45.3 Å². The van der Waals surface area contributed by atoms with Crippen molar-refractivity contribution in [3.8, 4) is 0 Å². The molecule has 16 nitrogen and oxygen atoms in total. The Balaban J connectivity index is -0.000000380. The van der Waals surface area contributed by atoms with Crippen LogP contribution in [0.5, 0.6) is 0 Å². The summed E-state index contributed by atoms with van der Waals surface area (Å²) < 4.78 is 9.14. The molecule has 4 N–H and O–H groups in total. The van der Waals surface area contributed by atoms with Crippen LogP contribution in [0.4, 0.5) is 0 Å². The van der Waals surface area contributed by atoms with E-state index < -0.39 is 30.1 Å². The lowest BCUT2D eigenvalue weighted by Gasteiger charge is -2.37. The second kappa shape index (κ2) is 33.9. The minimum Gasteiger partial charge on any atom is -0.474 e. The number of nitrogens with one attached hydrogen (secondary N) is 2. The Hall–Kier alpha value is -3.00. The Morgan fingerprint density at radius 3 is 2.00 bits per heavy atom.